The van der Waals surface area contributed by atoms with Crippen molar-refractivity contribution in [2.75, 3.05) is 20.2 Å². The van der Waals surface area contributed by atoms with Gasteiger partial charge in [-0.05, 0) is 25.0 Å². The first-order chi connectivity index (χ1) is 10.2. The molecule has 6 heteroatoms. The molecule has 0 bridgehead atoms. The molecule has 0 spiro atoms. The Kier molecular flexibility index (Phi) is 3.68. The maximum Gasteiger partial charge on any atom is 0.410 e. The molecule has 1 N–H and O–H groups in total. The largest absolute Gasteiger partial charge is 0.496 e. The highest BCUT2D eigenvalue weighted by molar-refractivity contribution is 5.96. The molecule has 1 unspecified atom stereocenters. The normalized spacial score (nSPS) is 21.1. The average molecular weight is 290 g/mol. The number of benzene rings is 1. The average Bonchev–Trinajstić information content (AvgIpc) is 3.28. The summed E-state index contributed by atoms with van der Waals surface area (Å²) in [5, 5.41) is 2.79. The van der Waals surface area contributed by atoms with Crippen molar-refractivity contribution in [3.05, 3.63) is 29.8 Å². The number of methoxy groups -OCH3 is 1. The minimum absolute atomic E-state index is 0.228. The van der Waals surface area contributed by atoms with Gasteiger partial charge >= 0.3 is 6.09 Å². The van der Waals surface area contributed by atoms with Gasteiger partial charge in [0.2, 0.25) is 0 Å². The van der Waals surface area contributed by atoms with E-state index in [0.717, 1.165) is 12.8 Å². The van der Waals surface area contributed by atoms with E-state index in [1.54, 1.807) is 23.1 Å². The summed E-state index contributed by atoms with van der Waals surface area (Å²) < 4.78 is 10.4. The predicted molar refractivity (Wildman–Crippen MR) is 75.3 cm³/mol. The van der Waals surface area contributed by atoms with E-state index in [2.05, 4.69) is 5.32 Å². The molecule has 1 atom stereocenters. The van der Waals surface area contributed by atoms with Crippen molar-refractivity contribution >= 4 is 12.0 Å². The molecule has 3 rings (SSSR count). The van der Waals surface area contributed by atoms with Gasteiger partial charge in [0.15, 0.2) is 0 Å². The summed E-state index contributed by atoms with van der Waals surface area (Å²) in [6.45, 7) is 0.863. The van der Waals surface area contributed by atoms with Crippen LogP contribution in [0.3, 0.4) is 0 Å². The van der Waals surface area contributed by atoms with Crippen molar-refractivity contribution in [2.24, 2.45) is 0 Å². The zero-order valence-electron chi connectivity index (χ0n) is 11.9. The summed E-state index contributed by atoms with van der Waals surface area (Å²) in [7, 11) is 1.53. The van der Waals surface area contributed by atoms with E-state index >= 15 is 0 Å². The Bertz CT molecular complexity index is 556. The Morgan fingerprint density at radius 3 is 2.90 bits per heavy atom. The number of para-hydroxylation sites is 1. The maximum atomic E-state index is 12.1. The lowest BCUT2D eigenvalue weighted by Gasteiger charge is -2.12. The molecule has 1 aromatic rings. The van der Waals surface area contributed by atoms with Crippen molar-refractivity contribution in [3.63, 3.8) is 0 Å². The number of hydrogen-bond acceptors (Lipinski definition) is 4. The molecule has 1 aliphatic carbocycles. The van der Waals surface area contributed by atoms with E-state index < -0.39 is 0 Å². The van der Waals surface area contributed by atoms with Crippen molar-refractivity contribution in [2.45, 2.75) is 25.0 Å². The fraction of sp³-hybridized carbons (Fsp3) is 0.467. The first-order valence-corrected chi connectivity index (χ1v) is 7.07. The summed E-state index contributed by atoms with van der Waals surface area (Å²) in [5.74, 6) is 0.298. The number of nitrogens with zero attached hydrogens (tertiary/aromatic N) is 1. The molecular weight excluding hydrogens is 272 g/mol. The molecule has 2 aliphatic rings. The Morgan fingerprint density at radius 2 is 2.19 bits per heavy atom. The van der Waals surface area contributed by atoms with E-state index in [0.29, 0.717) is 30.4 Å². The topological polar surface area (TPSA) is 67.9 Å². The van der Waals surface area contributed by atoms with E-state index in [-0.39, 0.29) is 18.1 Å². The fourth-order valence-corrected chi connectivity index (χ4v) is 2.47. The molecule has 0 radical (unpaired) electrons. The lowest BCUT2D eigenvalue weighted by atomic mass is 10.2. The van der Waals surface area contributed by atoms with Crippen molar-refractivity contribution in [3.8, 4) is 5.75 Å². The second kappa shape index (κ2) is 5.63. The van der Waals surface area contributed by atoms with Crippen LogP contribution in [0.5, 0.6) is 5.75 Å². The van der Waals surface area contributed by atoms with Crippen LogP contribution >= 0.6 is 0 Å². The number of cyclic esters (lactones) is 1. The van der Waals surface area contributed by atoms with Crippen molar-refractivity contribution < 1.29 is 19.1 Å². The van der Waals surface area contributed by atoms with Crippen molar-refractivity contribution in [1.82, 2.24) is 10.2 Å². The lowest BCUT2D eigenvalue weighted by molar-refractivity contribution is 0.0911. The fourth-order valence-electron chi connectivity index (χ4n) is 2.47. The zero-order chi connectivity index (χ0) is 14.8. The summed E-state index contributed by atoms with van der Waals surface area (Å²) in [6, 6.07) is 7.36. The molecule has 6 nitrogen and oxygen atoms in total. The summed E-state index contributed by atoms with van der Waals surface area (Å²) in [4.78, 5) is 25.5. The third-order valence-corrected chi connectivity index (χ3v) is 3.73. The third-order valence-electron chi connectivity index (χ3n) is 3.73. The monoisotopic (exact) mass is 290 g/mol. The number of carbonyl (C=O) groups excluding carboxylic acids is 2. The summed E-state index contributed by atoms with van der Waals surface area (Å²) in [5.41, 5.74) is 0.475. The van der Waals surface area contributed by atoms with E-state index in [1.807, 2.05) is 6.07 Å². The highest BCUT2D eigenvalue weighted by Crippen LogP contribution is 2.30. The third kappa shape index (κ3) is 2.94. The van der Waals surface area contributed by atoms with E-state index in [4.69, 9.17) is 9.47 Å². The van der Waals surface area contributed by atoms with Crippen LogP contribution in [0.2, 0.25) is 0 Å². The van der Waals surface area contributed by atoms with Gasteiger partial charge in [-0.2, -0.15) is 0 Å². The maximum absolute atomic E-state index is 12.1. The number of carbonyl (C=O) groups is 2. The van der Waals surface area contributed by atoms with Crippen LogP contribution in [0, 0.1) is 0 Å². The quantitative estimate of drug-likeness (QED) is 0.890. The van der Waals surface area contributed by atoms with Crippen LogP contribution in [0.25, 0.3) is 0 Å². The van der Waals surface area contributed by atoms with Crippen LogP contribution in [-0.4, -0.2) is 49.2 Å². The van der Waals surface area contributed by atoms with Gasteiger partial charge < -0.3 is 19.7 Å². The molecule has 2 fully saturated rings. The molecule has 2 amide bonds. The summed E-state index contributed by atoms with van der Waals surface area (Å²) in [6.07, 6.45) is 1.55. The smallest absolute Gasteiger partial charge is 0.410 e. The standard InChI is InChI=1S/C15H18N2O4/c1-20-13-5-3-2-4-12(13)14(18)16-8-11-9-17(10-6-7-10)15(19)21-11/h2-5,10-11H,6-9H2,1H3,(H,16,18). The second-order valence-corrected chi connectivity index (χ2v) is 5.30. The minimum Gasteiger partial charge on any atom is -0.496 e. The van der Waals surface area contributed by atoms with E-state index in [9.17, 15) is 9.59 Å². The second-order valence-electron chi connectivity index (χ2n) is 5.30. The number of amides is 2. The first kappa shape index (κ1) is 13.7. The molecule has 1 heterocycles. The van der Waals surface area contributed by atoms with Crippen molar-refractivity contribution in [1.29, 1.82) is 0 Å². The first-order valence-electron chi connectivity index (χ1n) is 7.07. The van der Waals surface area contributed by atoms with Gasteiger partial charge in [0, 0.05) is 6.04 Å². The van der Waals surface area contributed by atoms with Gasteiger partial charge in [-0.25, -0.2) is 4.79 Å². The molecule has 112 valence electrons. The van der Waals surface area contributed by atoms with Gasteiger partial charge in [0.1, 0.15) is 11.9 Å². The van der Waals surface area contributed by atoms with Gasteiger partial charge in [-0.15, -0.1) is 0 Å². The SMILES string of the molecule is COc1ccccc1C(=O)NCC1CN(C2CC2)C(=O)O1. The lowest BCUT2D eigenvalue weighted by Crippen LogP contribution is -2.35. The van der Waals surface area contributed by atoms with Gasteiger partial charge in [-0.3, -0.25) is 4.79 Å². The van der Waals surface area contributed by atoms with Gasteiger partial charge in [0.05, 0.1) is 25.8 Å². The highest BCUT2D eigenvalue weighted by atomic mass is 16.6. The molecule has 1 saturated heterocycles. The molecule has 0 aromatic heterocycles. The Morgan fingerprint density at radius 1 is 1.43 bits per heavy atom. The minimum atomic E-state index is -0.281. The number of rotatable bonds is 5. The number of nitrogens with one attached hydrogen (secondary N) is 1. The van der Waals surface area contributed by atoms with Gasteiger partial charge in [0.25, 0.3) is 5.91 Å². The van der Waals surface area contributed by atoms with E-state index in [1.165, 1.54) is 7.11 Å². The molecule has 21 heavy (non-hydrogen) atoms. The molecule has 1 aromatic carbocycles. The molecule has 1 saturated carbocycles. The van der Waals surface area contributed by atoms with Gasteiger partial charge in [-0.1, -0.05) is 12.1 Å². The van der Waals surface area contributed by atoms with Crippen LogP contribution in [0.4, 0.5) is 4.79 Å². The van der Waals surface area contributed by atoms with Crippen LogP contribution in [0.1, 0.15) is 23.2 Å². The van der Waals surface area contributed by atoms with Crippen LogP contribution in [0.15, 0.2) is 24.3 Å². The molecular formula is C15H18N2O4. The highest BCUT2D eigenvalue weighted by Gasteiger charge is 2.40. The Hall–Kier alpha value is -2.24. The zero-order valence-corrected chi connectivity index (χ0v) is 11.9. The summed E-state index contributed by atoms with van der Waals surface area (Å²) >= 11 is 0. The number of ether oxygens (including phenoxy) is 2. The Labute approximate surface area is 123 Å². The number of hydrogen-bond donors (Lipinski definition) is 1. The molecule has 1 aliphatic heterocycles. The van der Waals surface area contributed by atoms with Crippen LogP contribution < -0.4 is 10.1 Å². The predicted octanol–water partition coefficient (Wildman–Crippen LogP) is 1.41. The Balaban J connectivity index is 1.55. The van der Waals surface area contributed by atoms with Crippen LogP contribution in [-0.2, 0) is 4.74 Å².